The highest BCUT2D eigenvalue weighted by molar-refractivity contribution is 6.03. The van der Waals surface area contributed by atoms with Crippen LogP contribution in [0.15, 0.2) is 28.8 Å². The van der Waals surface area contributed by atoms with Crippen molar-refractivity contribution in [3.8, 4) is 5.75 Å². The van der Waals surface area contributed by atoms with Crippen LogP contribution in [-0.2, 0) is 14.3 Å². The molecule has 3 atom stereocenters. The van der Waals surface area contributed by atoms with Gasteiger partial charge < -0.3 is 33.9 Å². The van der Waals surface area contributed by atoms with Crippen molar-refractivity contribution in [2.24, 2.45) is 5.92 Å². The fourth-order valence-corrected chi connectivity index (χ4v) is 4.07. The highest BCUT2D eigenvalue weighted by atomic mass is 16.5. The number of anilines is 1. The van der Waals surface area contributed by atoms with Crippen LogP contribution in [0.4, 0.5) is 5.69 Å². The van der Waals surface area contributed by atoms with Gasteiger partial charge in [0.2, 0.25) is 5.91 Å². The van der Waals surface area contributed by atoms with Crippen molar-refractivity contribution < 1.29 is 33.1 Å². The van der Waals surface area contributed by atoms with Crippen molar-refractivity contribution in [2.45, 2.75) is 32.9 Å². The molecule has 1 aliphatic rings. The van der Waals surface area contributed by atoms with Gasteiger partial charge in [-0.3, -0.25) is 14.4 Å². The Bertz CT molecular complexity index is 1090. The molecule has 0 saturated heterocycles. The Labute approximate surface area is 210 Å². The zero-order valence-electron chi connectivity index (χ0n) is 21.6. The molecule has 0 unspecified atom stereocenters. The molecule has 1 aromatic carbocycles. The number of benzene rings is 1. The van der Waals surface area contributed by atoms with Gasteiger partial charge in [-0.1, -0.05) is 12.1 Å². The highest BCUT2D eigenvalue weighted by Gasteiger charge is 2.30. The summed E-state index contributed by atoms with van der Waals surface area (Å²) in [6.07, 6.45) is -0.294. The Balaban J connectivity index is 1.93. The third-order valence-corrected chi connectivity index (χ3v) is 6.15. The van der Waals surface area contributed by atoms with Crippen molar-refractivity contribution in [3.63, 3.8) is 0 Å². The lowest BCUT2D eigenvalue weighted by molar-refractivity contribution is -0.139. The SMILES string of the molecule is COCC(=O)N1C[C@H](C)[C@@H](OC)CN(C)C(=O)c2ccc(NC(=O)c3cc(C)on3)cc2OC[C@H]1C. The number of aryl methyl sites for hydroxylation is 1. The minimum Gasteiger partial charge on any atom is -0.491 e. The largest absolute Gasteiger partial charge is 0.491 e. The number of aromatic nitrogens is 1. The van der Waals surface area contributed by atoms with Gasteiger partial charge in [0.25, 0.3) is 11.8 Å². The number of likely N-dealkylation sites (N-methyl/N-ethyl adjacent to an activating group) is 1. The first-order valence-corrected chi connectivity index (χ1v) is 11.7. The van der Waals surface area contributed by atoms with Crippen molar-refractivity contribution in [1.29, 1.82) is 0 Å². The molecule has 0 spiro atoms. The summed E-state index contributed by atoms with van der Waals surface area (Å²) in [6.45, 7) is 6.36. The fraction of sp³-hybridized carbons (Fsp3) is 0.520. The molecule has 36 heavy (non-hydrogen) atoms. The molecule has 0 saturated carbocycles. The number of carbonyl (C=O) groups is 3. The van der Waals surface area contributed by atoms with Gasteiger partial charge in [0, 0.05) is 58.1 Å². The molecule has 1 aromatic heterocycles. The van der Waals surface area contributed by atoms with Gasteiger partial charge in [0.05, 0.1) is 17.7 Å². The van der Waals surface area contributed by atoms with E-state index < -0.39 is 5.91 Å². The van der Waals surface area contributed by atoms with Gasteiger partial charge in [0.1, 0.15) is 24.7 Å². The third-order valence-electron chi connectivity index (χ3n) is 6.15. The molecule has 11 heteroatoms. The Kier molecular flexibility index (Phi) is 9.05. The average molecular weight is 503 g/mol. The summed E-state index contributed by atoms with van der Waals surface area (Å²) in [7, 11) is 4.76. The van der Waals surface area contributed by atoms with Gasteiger partial charge in [0.15, 0.2) is 5.69 Å². The van der Waals surface area contributed by atoms with Crippen LogP contribution in [0, 0.1) is 12.8 Å². The number of nitrogens with one attached hydrogen (secondary N) is 1. The minimum absolute atomic E-state index is 0.0508. The second-order valence-corrected chi connectivity index (χ2v) is 9.06. The maximum Gasteiger partial charge on any atom is 0.277 e. The number of hydrogen-bond acceptors (Lipinski definition) is 8. The molecule has 196 valence electrons. The van der Waals surface area contributed by atoms with Gasteiger partial charge in [-0.15, -0.1) is 0 Å². The van der Waals surface area contributed by atoms with Crippen LogP contribution in [0.3, 0.4) is 0 Å². The van der Waals surface area contributed by atoms with Gasteiger partial charge in [-0.2, -0.15) is 0 Å². The van der Waals surface area contributed by atoms with E-state index in [-0.39, 0.29) is 54.5 Å². The normalized spacial score (nSPS) is 21.2. The van der Waals surface area contributed by atoms with E-state index in [9.17, 15) is 14.4 Å². The predicted octanol–water partition coefficient (Wildman–Crippen LogP) is 2.21. The minimum atomic E-state index is -0.454. The van der Waals surface area contributed by atoms with Crippen molar-refractivity contribution in [2.75, 3.05) is 52.9 Å². The summed E-state index contributed by atoms with van der Waals surface area (Å²) in [4.78, 5) is 41.9. The average Bonchev–Trinajstić information content (AvgIpc) is 3.29. The number of carbonyl (C=O) groups excluding carboxylic acids is 3. The smallest absolute Gasteiger partial charge is 0.277 e. The van der Waals surface area contributed by atoms with E-state index in [1.165, 1.54) is 13.2 Å². The van der Waals surface area contributed by atoms with Crippen LogP contribution in [0.25, 0.3) is 0 Å². The number of nitrogens with zero attached hydrogens (tertiary/aromatic N) is 3. The quantitative estimate of drug-likeness (QED) is 0.660. The molecule has 0 bridgehead atoms. The summed E-state index contributed by atoms with van der Waals surface area (Å²) in [5, 5.41) is 6.47. The monoisotopic (exact) mass is 502 g/mol. The molecule has 3 rings (SSSR count). The summed E-state index contributed by atoms with van der Waals surface area (Å²) in [5.41, 5.74) is 0.890. The lowest BCUT2D eigenvalue weighted by Crippen LogP contribution is -2.49. The topological polar surface area (TPSA) is 123 Å². The molecule has 1 N–H and O–H groups in total. The maximum atomic E-state index is 13.3. The van der Waals surface area contributed by atoms with Crippen LogP contribution in [0.1, 0.15) is 40.5 Å². The maximum absolute atomic E-state index is 13.3. The van der Waals surface area contributed by atoms with E-state index in [0.717, 1.165) is 0 Å². The molecule has 3 amide bonds. The van der Waals surface area contributed by atoms with E-state index in [1.54, 1.807) is 49.1 Å². The van der Waals surface area contributed by atoms with Crippen LogP contribution < -0.4 is 10.1 Å². The third kappa shape index (κ3) is 6.41. The second kappa shape index (κ2) is 12.0. The van der Waals surface area contributed by atoms with E-state index in [1.807, 2.05) is 13.8 Å². The molecular formula is C25H34N4O7. The van der Waals surface area contributed by atoms with Gasteiger partial charge in [-0.05, 0) is 26.0 Å². The van der Waals surface area contributed by atoms with Crippen LogP contribution in [0.2, 0.25) is 0 Å². The van der Waals surface area contributed by atoms with Crippen LogP contribution in [0.5, 0.6) is 5.75 Å². The first-order chi connectivity index (χ1) is 17.1. The summed E-state index contributed by atoms with van der Waals surface area (Å²) < 4.78 is 21.8. The van der Waals surface area contributed by atoms with E-state index in [2.05, 4.69) is 10.5 Å². The number of hydrogen-bond donors (Lipinski definition) is 1. The predicted molar refractivity (Wildman–Crippen MR) is 131 cm³/mol. The number of ether oxygens (including phenoxy) is 3. The molecule has 2 aromatic rings. The van der Waals surface area contributed by atoms with Crippen molar-refractivity contribution in [1.82, 2.24) is 15.0 Å². The van der Waals surface area contributed by atoms with Crippen LogP contribution >= 0.6 is 0 Å². The number of amides is 3. The van der Waals surface area contributed by atoms with E-state index >= 15 is 0 Å². The molecular weight excluding hydrogens is 468 g/mol. The molecule has 2 heterocycles. The first kappa shape index (κ1) is 27.2. The molecule has 11 nitrogen and oxygen atoms in total. The molecule has 0 radical (unpaired) electrons. The number of methoxy groups -OCH3 is 2. The zero-order chi connectivity index (χ0) is 26.4. The Morgan fingerprint density at radius 1 is 1.19 bits per heavy atom. The van der Waals surface area contributed by atoms with E-state index in [4.69, 9.17) is 18.7 Å². The Morgan fingerprint density at radius 2 is 1.94 bits per heavy atom. The highest BCUT2D eigenvalue weighted by Crippen LogP contribution is 2.27. The van der Waals surface area contributed by atoms with Gasteiger partial charge >= 0.3 is 0 Å². The molecule has 1 aliphatic heterocycles. The number of fused-ring (bicyclic) bond motifs is 1. The summed E-state index contributed by atoms with van der Waals surface area (Å²) in [6, 6.07) is 6.02. The van der Waals surface area contributed by atoms with Crippen LogP contribution in [-0.4, -0.2) is 92.4 Å². The van der Waals surface area contributed by atoms with Crippen molar-refractivity contribution >= 4 is 23.4 Å². The van der Waals surface area contributed by atoms with E-state index in [0.29, 0.717) is 30.1 Å². The van der Waals surface area contributed by atoms with Crippen molar-refractivity contribution in [3.05, 3.63) is 41.3 Å². The summed E-state index contributed by atoms with van der Waals surface area (Å²) >= 11 is 0. The fourth-order valence-electron chi connectivity index (χ4n) is 4.07. The van der Waals surface area contributed by atoms with Gasteiger partial charge in [-0.25, -0.2) is 0 Å². The lowest BCUT2D eigenvalue weighted by Gasteiger charge is -2.36. The molecule has 0 fully saturated rings. The molecule has 0 aliphatic carbocycles. The Morgan fingerprint density at radius 3 is 2.58 bits per heavy atom. The first-order valence-electron chi connectivity index (χ1n) is 11.7. The summed E-state index contributed by atoms with van der Waals surface area (Å²) in [5.74, 6) is -0.115. The Hall–Kier alpha value is -3.44. The standard InChI is InChI=1S/C25H34N4O7/c1-15-11-29(23(30)14-33-5)16(2)13-35-21-10-18(26-24(31)20-9-17(3)36-27-20)7-8-19(21)25(32)28(4)12-22(15)34-6/h7-10,15-16,22H,11-14H2,1-6H3,(H,26,31)/t15-,16+,22-/m0/s1. The second-order valence-electron chi connectivity index (χ2n) is 9.06. The zero-order valence-corrected chi connectivity index (χ0v) is 21.6. The lowest BCUT2D eigenvalue weighted by atomic mass is 10.0. The number of rotatable bonds is 5.